The molecular formula is C27H25F7N2O2. The summed E-state index contributed by atoms with van der Waals surface area (Å²) in [4.78, 5) is 12.5. The number of carbonyl (C=O) groups excluding carboxylic acids is 1. The topological polar surface area (TPSA) is 50.4 Å². The zero-order chi connectivity index (χ0) is 28.1. The summed E-state index contributed by atoms with van der Waals surface area (Å²) < 4.78 is 95.4. The van der Waals surface area contributed by atoms with E-state index in [2.05, 4.69) is 15.4 Å². The van der Waals surface area contributed by atoms with Crippen molar-refractivity contribution >= 4 is 5.91 Å². The maximum absolute atomic E-state index is 14.0. The van der Waals surface area contributed by atoms with E-state index in [1.807, 2.05) is 19.1 Å². The molecule has 2 N–H and O–H groups in total. The van der Waals surface area contributed by atoms with Gasteiger partial charge in [0, 0.05) is 13.0 Å². The number of rotatable bonds is 9. The van der Waals surface area contributed by atoms with Crippen LogP contribution in [0.3, 0.4) is 0 Å². The maximum Gasteiger partial charge on any atom is 0.573 e. The summed E-state index contributed by atoms with van der Waals surface area (Å²) in [5, 5.41) is 5.66. The molecule has 11 heteroatoms. The number of carbonyl (C=O) groups is 1. The fourth-order valence-corrected chi connectivity index (χ4v) is 4.01. The Labute approximate surface area is 214 Å². The first-order valence-corrected chi connectivity index (χ1v) is 11.5. The van der Waals surface area contributed by atoms with Gasteiger partial charge in [0.05, 0.1) is 5.56 Å². The van der Waals surface area contributed by atoms with Gasteiger partial charge in [-0.25, -0.2) is 4.39 Å². The Morgan fingerprint density at radius 1 is 0.868 bits per heavy atom. The Morgan fingerprint density at radius 2 is 1.45 bits per heavy atom. The molecule has 0 fully saturated rings. The van der Waals surface area contributed by atoms with E-state index in [1.54, 1.807) is 12.1 Å². The number of alkyl halides is 6. The molecule has 0 radical (unpaired) electrons. The Bertz CT molecular complexity index is 1220. The minimum Gasteiger partial charge on any atom is -0.403 e. The number of hydrogen-bond donors (Lipinski definition) is 2. The van der Waals surface area contributed by atoms with E-state index >= 15 is 0 Å². The molecule has 0 saturated heterocycles. The summed E-state index contributed by atoms with van der Waals surface area (Å²) in [6.45, 7) is 2.03. The normalized spacial score (nSPS) is 13.6. The lowest BCUT2D eigenvalue weighted by atomic mass is 9.87. The minimum atomic E-state index is -5.14. The molecule has 38 heavy (non-hydrogen) atoms. The molecule has 1 amide bonds. The number of ether oxygens (including phenoxy) is 1. The zero-order valence-corrected chi connectivity index (χ0v) is 20.4. The third-order valence-corrected chi connectivity index (χ3v) is 5.92. The summed E-state index contributed by atoms with van der Waals surface area (Å²) in [5.74, 6) is -3.37. The second-order valence-electron chi connectivity index (χ2n) is 8.61. The van der Waals surface area contributed by atoms with Crippen molar-refractivity contribution in [2.45, 2.75) is 37.8 Å². The van der Waals surface area contributed by atoms with Crippen LogP contribution >= 0.6 is 0 Å². The molecule has 0 aromatic heterocycles. The van der Waals surface area contributed by atoms with Crippen LogP contribution in [0.4, 0.5) is 30.7 Å². The SMILES string of the molecule is CNC(=O)[C@@H](NCC[C@H](c1ccc(C(F)(F)F)cc1)c1ccc(F)c(OC(F)(F)F)c1)c1ccc(C)cc1. The quantitative estimate of drug-likeness (QED) is 0.298. The van der Waals surface area contributed by atoms with E-state index in [-0.39, 0.29) is 24.4 Å². The lowest BCUT2D eigenvalue weighted by Gasteiger charge is -2.23. The van der Waals surface area contributed by atoms with Gasteiger partial charge in [-0.15, -0.1) is 13.2 Å². The molecule has 0 spiro atoms. The largest absolute Gasteiger partial charge is 0.573 e. The molecule has 0 aliphatic heterocycles. The summed E-state index contributed by atoms with van der Waals surface area (Å²) in [6, 6.07) is 13.6. The molecule has 2 atom stereocenters. The van der Waals surface area contributed by atoms with Gasteiger partial charge in [-0.1, -0.05) is 48.0 Å². The second-order valence-corrected chi connectivity index (χ2v) is 8.61. The van der Waals surface area contributed by atoms with Crippen LogP contribution in [0.15, 0.2) is 66.7 Å². The molecule has 0 saturated carbocycles. The van der Waals surface area contributed by atoms with Gasteiger partial charge in [0.2, 0.25) is 5.91 Å². The van der Waals surface area contributed by atoms with Crippen LogP contribution in [0.25, 0.3) is 0 Å². The highest BCUT2D eigenvalue weighted by atomic mass is 19.4. The van der Waals surface area contributed by atoms with Crippen LogP contribution in [0.2, 0.25) is 0 Å². The lowest BCUT2D eigenvalue weighted by Crippen LogP contribution is -2.36. The molecule has 0 heterocycles. The molecule has 3 aromatic rings. The highest BCUT2D eigenvalue weighted by molar-refractivity contribution is 5.82. The average molecular weight is 542 g/mol. The molecule has 4 nitrogen and oxygen atoms in total. The van der Waals surface area contributed by atoms with Gasteiger partial charge in [-0.3, -0.25) is 4.79 Å². The molecule has 0 aliphatic rings. The van der Waals surface area contributed by atoms with Crippen molar-refractivity contribution in [2.24, 2.45) is 0 Å². The van der Waals surface area contributed by atoms with E-state index in [1.165, 1.54) is 25.2 Å². The van der Waals surface area contributed by atoms with Crippen LogP contribution in [-0.4, -0.2) is 25.9 Å². The molecule has 3 aromatic carbocycles. The molecular weight excluding hydrogens is 517 g/mol. The van der Waals surface area contributed by atoms with E-state index < -0.39 is 41.6 Å². The molecule has 0 unspecified atom stereocenters. The first kappa shape index (κ1) is 29.0. The van der Waals surface area contributed by atoms with E-state index in [0.29, 0.717) is 11.1 Å². The summed E-state index contributed by atoms with van der Waals surface area (Å²) in [6.07, 6.45) is -9.56. The maximum atomic E-state index is 14.0. The second kappa shape index (κ2) is 11.8. The van der Waals surface area contributed by atoms with E-state index in [9.17, 15) is 35.5 Å². The number of halogens is 7. The Hall–Kier alpha value is -3.60. The van der Waals surface area contributed by atoms with Crippen molar-refractivity contribution in [3.63, 3.8) is 0 Å². The van der Waals surface area contributed by atoms with Gasteiger partial charge < -0.3 is 15.4 Å². The number of amides is 1. The first-order valence-electron chi connectivity index (χ1n) is 11.5. The monoisotopic (exact) mass is 542 g/mol. The predicted molar refractivity (Wildman–Crippen MR) is 127 cm³/mol. The fraction of sp³-hybridized carbons (Fsp3) is 0.296. The first-order chi connectivity index (χ1) is 17.8. The third-order valence-electron chi connectivity index (χ3n) is 5.92. The molecule has 3 rings (SSSR count). The Morgan fingerprint density at radius 3 is 2.00 bits per heavy atom. The predicted octanol–water partition coefficient (Wildman–Crippen LogP) is 6.65. The Kier molecular flexibility index (Phi) is 9.03. The fourth-order valence-electron chi connectivity index (χ4n) is 4.01. The van der Waals surface area contributed by atoms with Crippen molar-refractivity contribution < 1.29 is 40.3 Å². The minimum absolute atomic E-state index is 0.143. The Balaban J connectivity index is 1.92. The molecule has 204 valence electrons. The number of aryl methyl sites for hydroxylation is 1. The highest BCUT2D eigenvalue weighted by Gasteiger charge is 2.33. The van der Waals surface area contributed by atoms with E-state index in [4.69, 9.17) is 0 Å². The van der Waals surface area contributed by atoms with Crippen molar-refractivity contribution in [2.75, 3.05) is 13.6 Å². The third kappa shape index (κ3) is 7.70. The average Bonchev–Trinajstić information content (AvgIpc) is 2.85. The van der Waals surface area contributed by atoms with Crippen molar-refractivity contribution in [3.8, 4) is 5.75 Å². The number of nitrogens with one attached hydrogen (secondary N) is 2. The van der Waals surface area contributed by atoms with Gasteiger partial charge in [0.1, 0.15) is 6.04 Å². The van der Waals surface area contributed by atoms with Crippen molar-refractivity contribution in [1.29, 1.82) is 0 Å². The van der Waals surface area contributed by atoms with E-state index in [0.717, 1.165) is 29.8 Å². The standard InChI is InChI=1S/C27H25F7N2O2/c1-16-3-5-18(6-4-16)24(25(37)35-2)36-14-13-21(17-7-10-20(11-8-17)26(29,30)31)19-9-12-22(28)23(15-19)38-27(32,33)34/h3-12,15,21,24,36H,13-14H2,1-2H3,(H,35,37)/t21-,24+/m1/s1. The number of benzene rings is 3. The molecule has 0 bridgehead atoms. The molecule has 0 aliphatic carbocycles. The van der Waals surface area contributed by atoms with Gasteiger partial charge in [0.25, 0.3) is 0 Å². The van der Waals surface area contributed by atoms with Crippen LogP contribution < -0.4 is 15.4 Å². The van der Waals surface area contributed by atoms with Crippen LogP contribution in [-0.2, 0) is 11.0 Å². The van der Waals surface area contributed by atoms with Crippen LogP contribution in [0, 0.1) is 12.7 Å². The number of hydrogen-bond acceptors (Lipinski definition) is 3. The summed E-state index contributed by atoms with van der Waals surface area (Å²) >= 11 is 0. The van der Waals surface area contributed by atoms with Crippen molar-refractivity contribution in [1.82, 2.24) is 10.6 Å². The van der Waals surface area contributed by atoms with Gasteiger partial charge in [-0.05, 0) is 60.8 Å². The summed E-state index contributed by atoms with van der Waals surface area (Å²) in [7, 11) is 1.47. The highest BCUT2D eigenvalue weighted by Crippen LogP contribution is 2.36. The van der Waals surface area contributed by atoms with Gasteiger partial charge >= 0.3 is 12.5 Å². The number of likely N-dealkylation sites (N-methyl/N-ethyl adjacent to an activating group) is 1. The van der Waals surface area contributed by atoms with Gasteiger partial charge in [-0.2, -0.15) is 13.2 Å². The zero-order valence-electron chi connectivity index (χ0n) is 20.4. The van der Waals surface area contributed by atoms with Gasteiger partial charge in [0.15, 0.2) is 11.6 Å². The van der Waals surface area contributed by atoms with Crippen LogP contribution in [0.1, 0.15) is 46.2 Å². The van der Waals surface area contributed by atoms with Crippen LogP contribution in [0.5, 0.6) is 5.75 Å². The summed E-state index contributed by atoms with van der Waals surface area (Å²) in [5.41, 5.74) is 1.32. The lowest BCUT2D eigenvalue weighted by molar-refractivity contribution is -0.275. The van der Waals surface area contributed by atoms with Crippen molar-refractivity contribution in [3.05, 3.63) is 100 Å². The smallest absolute Gasteiger partial charge is 0.403 e.